The molecule has 0 aliphatic carbocycles. The highest BCUT2D eigenvalue weighted by Gasteiger charge is 2.34. The van der Waals surface area contributed by atoms with E-state index in [1.165, 1.54) is 4.90 Å². The molecular weight excluding hydrogens is 465 g/mol. The number of hydrogen-bond acceptors (Lipinski definition) is 4. The van der Waals surface area contributed by atoms with E-state index in [1.54, 1.807) is 36.4 Å². The Morgan fingerprint density at radius 2 is 1.62 bits per heavy atom. The van der Waals surface area contributed by atoms with Gasteiger partial charge >= 0.3 is 0 Å². The van der Waals surface area contributed by atoms with Crippen molar-refractivity contribution in [3.8, 4) is 5.75 Å². The van der Waals surface area contributed by atoms with Crippen molar-refractivity contribution < 1.29 is 14.3 Å². The molecule has 0 bridgehead atoms. The Hall–Kier alpha value is -2.73. The minimum atomic E-state index is -0.306. The van der Waals surface area contributed by atoms with Crippen LogP contribution in [0.3, 0.4) is 0 Å². The second kappa shape index (κ2) is 9.82. The molecule has 1 fully saturated rings. The van der Waals surface area contributed by atoms with Crippen molar-refractivity contribution in [2.45, 2.75) is 20.1 Å². The van der Waals surface area contributed by atoms with Crippen LogP contribution in [0.25, 0.3) is 6.08 Å². The standard InChI is InChI=1S/C25H19Cl2NO3S/c1-16-2-4-17(5-3-16)14-28-24(29)23(32-25(28)30)13-19-8-11-22(21(27)12-19)31-15-18-6-9-20(26)10-7-18/h2-13H,14-15H2,1H3/b23-13-. The fourth-order valence-electron chi connectivity index (χ4n) is 3.13. The molecule has 0 radical (unpaired) electrons. The molecule has 32 heavy (non-hydrogen) atoms. The zero-order chi connectivity index (χ0) is 22.7. The fourth-order valence-corrected chi connectivity index (χ4v) is 4.34. The normalized spacial score (nSPS) is 15.0. The first-order chi connectivity index (χ1) is 15.4. The topological polar surface area (TPSA) is 46.6 Å². The molecule has 0 unspecified atom stereocenters. The number of halogens is 2. The van der Waals surface area contributed by atoms with Crippen molar-refractivity contribution in [3.63, 3.8) is 0 Å². The maximum atomic E-state index is 12.8. The number of aryl methyl sites for hydroxylation is 1. The van der Waals surface area contributed by atoms with Crippen molar-refractivity contribution in [1.82, 2.24) is 4.90 Å². The summed E-state index contributed by atoms with van der Waals surface area (Å²) in [5.74, 6) is 0.228. The summed E-state index contributed by atoms with van der Waals surface area (Å²) in [5.41, 5.74) is 3.72. The van der Waals surface area contributed by atoms with Gasteiger partial charge in [-0.25, -0.2) is 0 Å². The van der Waals surface area contributed by atoms with Crippen molar-refractivity contribution >= 4 is 52.2 Å². The van der Waals surface area contributed by atoms with Gasteiger partial charge in [-0.05, 0) is 65.7 Å². The Morgan fingerprint density at radius 1 is 0.938 bits per heavy atom. The van der Waals surface area contributed by atoms with Gasteiger partial charge in [-0.3, -0.25) is 14.5 Å². The quantitative estimate of drug-likeness (QED) is 0.350. The van der Waals surface area contributed by atoms with Crippen LogP contribution in [0.15, 0.2) is 71.6 Å². The third-order valence-electron chi connectivity index (χ3n) is 4.90. The van der Waals surface area contributed by atoms with Gasteiger partial charge in [-0.15, -0.1) is 0 Å². The predicted molar refractivity (Wildman–Crippen MR) is 130 cm³/mol. The number of amides is 2. The molecule has 0 aromatic heterocycles. The van der Waals surface area contributed by atoms with Gasteiger partial charge in [-0.2, -0.15) is 0 Å². The Labute approximate surface area is 200 Å². The Balaban J connectivity index is 1.44. The van der Waals surface area contributed by atoms with E-state index in [0.29, 0.717) is 27.3 Å². The molecule has 3 aromatic rings. The molecule has 1 aliphatic rings. The number of benzene rings is 3. The van der Waals surface area contributed by atoms with Gasteiger partial charge in [0.25, 0.3) is 11.1 Å². The van der Waals surface area contributed by atoms with Gasteiger partial charge in [-0.1, -0.05) is 71.2 Å². The minimum Gasteiger partial charge on any atom is -0.487 e. The average Bonchev–Trinajstić information content (AvgIpc) is 3.03. The number of ether oxygens (including phenoxy) is 1. The number of rotatable bonds is 6. The highest BCUT2D eigenvalue weighted by atomic mass is 35.5. The second-order valence-electron chi connectivity index (χ2n) is 7.36. The van der Waals surface area contributed by atoms with Crippen molar-refractivity contribution in [2.75, 3.05) is 0 Å². The Kier molecular flexibility index (Phi) is 6.89. The van der Waals surface area contributed by atoms with E-state index in [-0.39, 0.29) is 17.7 Å². The van der Waals surface area contributed by atoms with Crippen LogP contribution in [-0.4, -0.2) is 16.0 Å². The first-order valence-electron chi connectivity index (χ1n) is 9.87. The molecule has 1 heterocycles. The van der Waals surface area contributed by atoms with E-state index >= 15 is 0 Å². The molecule has 2 amide bonds. The van der Waals surface area contributed by atoms with Gasteiger partial charge in [0.05, 0.1) is 16.5 Å². The van der Waals surface area contributed by atoms with Gasteiger partial charge in [0.2, 0.25) is 0 Å². The lowest BCUT2D eigenvalue weighted by Gasteiger charge is -2.12. The Bertz CT molecular complexity index is 1190. The number of imide groups is 1. The number of nitrogens with zero attached hydrogens (tertiary/aromatic N) is 1. The zero-order valence-corrected chi connectivity index (χ0v) is 19.5. The third kappa shape index (κ3) is 5.36. The van der Waals surface area contributed by atoms with Crippen LogP contribution in [0.1, 0.15) is 22.3 Å². The summed E-state index contributed by atoms with van der Waals surface area (Å²) < 4.78 is 5.79. The molecule has 4 nitrogen and oxygen atoms in total. The van der Waals surface area contributed by atoms with Gasteiger partial charge < -0.3 is 4.74 Å². The van der Waals surface area contributed by atoms with E-state index in [9.17, 15) is 9.59 Å². The summed E-state index contributed by atoms with van der Waals surface area (Å²) in [6, 6.07) is 20.4. The molecule has 7 heteroatoms. The average molecular weight is 484 g/mol. The smallest absolute Gasteiger partial charge is 0.293 e. The maximum Gasteiger partial charge on any atom is 0.293 e. The molecule has 0 N–H and O–H groups in total. The highest BCUT2D eigenvalue weighted by molar-refractivity contribution is 8.18. The van der Waals surface area contributed by atoms with E-state index in [4.69, 9.17) is 27.9 Å². The minimum absolute atomic E-state index is 0.251. The van der Waals surface area contributed by atoms with Crippen molar-refractivity contribution in [2.24, 2.45) is 0 Å². The first-order valence-corrected chi connectivity index (χ1v) is 11.4. The summed E-state index contributed by atoms with van der Waals surface area (Å²) in [6.45, 7) is 2.60. The summed E-state index contributed by atoms with van der Waals surface area (Å²) in [7, 11) is 0. The summed E-state index contributed by atoms with van der Waals surface area (Å²) in [6.07, 6.45) is 1.68. The van der Waals surface area contributed by atoms with Crippen molar-refractivity contribution in [3.05, 3.63) is 104 Å². The van der Waals surface area contributed by atoms with Crippen LogP contribution < -0.4 is 4.74 Å². The van der Waals surface area contributed by atoms with Crippen LogP contribution in [0.4, 0.5) is 4.79 Å². The lowest BCUT2D eigenvalue weighted by molar-refractivity contribution is -0.123. The van der Waals surface area contributed by atoms with Crippen molar-refractivity contribution in [1.29, 1.82) is 0 Å². The number of carbonyl (C=O) groups excluding carboxylic acids is 2. The van der Waals surface area contributed by atoms with Crippen LogP contribution in [0.2, 0.25) is 10.0 Å². The molecule has 1 aliphatic heterocycles. The molecule has 1 saturated heterocycles. The largest absolute Gasteiger partial charge is 0.487 e. The van der Waals surface area contributed by atoms with Crippen LogP contribution in [0, 0.1) is 6.92 Å². The third-order valence-corrected chi connectivity index (χ3v) is 6.35. The molecular formula is C25H19Cl2NO3S. The summed E-state index contributed by atoms with van der Waals surface area (Å²) in [5, 5.41) is 0.807. The van der Waals surface area contributed by atoms with Crippen LogP contribution >= 0.6 is 35.0 Å². The van der Waals surface area contributed by atoms with Crippen LogP contribution in [0.5, 0.6) is 5.75 Å². The molecule has 162 valence electrons. The fraction of sp³-hybridized carbons (Fsp3) is 0.120. The number of thioether (sulfide) groups is 1. The number of hydrogen-bond donors (Lipinski definition) is 0. The van der Waals surface area contributed by atoms with Crippen LogP contribution in [-0.2, 0) is 17.9 Å². The first kappa shape index (κ1) is 22.5. The molecule has 3 aromatic carbocycles. The molecule has 0 atom stereocenters. The molecule has 0 spiro atoms. The van der Waals surface area contributed by atoms with Gasteiger partial charge in [0, 0.05) is 5.02 Å². The maximum absolute atomic E-state index is 12.8. The van der Waals surface area contributed by atoms with E-state index in [1.807, 2.05) is 43.3 Å². The monoisotopic (exact) mass is 483 g/mol. The van der Waals surface area contributed by atoms with E-state index in [2.05, 4.69) is 0 Å². The molecule has 4 rings (SSSR count). The Morgan fingerprint density at radius 3 is 2.31 bits per heavy atom. The summed E-state index contributed by atoms with van der Waals surface area (Å²) in [4.78, 5) is 26.8. The predicted octanol–water partition coefficient (Wildman–Crippen LogP) is 7.12. The highest BCUT2D eigenvalue weighted by Crippen LogP contribution is 2.34. The molecule has 0 saturated carbocycles. The van der Waals surface area contributed by atoms with E-state index < -0.39 is 0 Å². The summed E-state index contributed by atoms with van der Waals surface area (Å²) >= 11 is 13.2. The second-order valence-corrected chi connectivity index (χ2v) is 9.20. The SMILES string of the molecule is Cc1ccc(CN2C(=O)S/C(=C\c3ccc(OCc4ccc(Cl)cc4)c(Cl)c3)C2=O)cc1. The zero-order valence-electron chi connectivity index (χ0n) is 17.2. The van der Waals surface area contributed by atoms with Gasteiger partial charge in [0.15, 0.2) is 0 Å². The van der Waals surface area contributed by atoms with E-state index in [0.717, 1.165) is 34.0 Å². The lowest BCUT2D eigenvalue weighted by atomic mass is 10.1. The number of carbonyl (C=O) groups is 2. The lowest BCUT2D eigenvalue weighted by Crippen LogP contribution is -2.27. The van der Waals surface area contributed by atoms with Gasteiger partial charge in [0.1, 0.15) is 12.4 Å².